The lowest BCUT2D eigenvalue weighted by molar-refractivity contribution is 0.0955. The zero-order valence-corrected chi connectivity index (χ0v) is 18.8. The normalized spacial score (nSPS) is 11.0. The lowest BCUT2D eigenvalue weighted by atomic mass is 10.1. The fraction of sp³-hybridized carbons (Fsp3) is 0.217. The second-order valence-electron chi connectivity index (χ2n) is 6.71. The maximum absolute atomic E-state index is 12.3. The number of hydrazone groups is 1. The summed E-state index contributed by atoms with van der Waals surface area (Å²) < 4.78 is 6.88. The van der Waals surface area contributed by atoms with Gasteiger partial charge in [0.2, 0.25) is 0 Å². The quantitative estimate of drug-likeness (QED) is 0.318. The van der Waals surface area contributed by atoms with Crippen LogP contribution in [0.15, 0.2) is 63.5 Å². The number of nitrogens with one attached hydrogen (secondary N) is 1. The number of hydrogen-bond donors (Lipinski definition) is 1. The molecule has 0 fully saturated rings. The Kier molecular flexibility index (Phi) is 7.61. The fourth-order valence-corrected chi connectivity index (χ4v) is 4.05. The van der Waals surface area contributed by atoms with E-state index >= 15 is 0 Å². The maximum atomic E-state index is 12.3. The van der Waals surface area contributed by atoms with E-state index in [9.17, 15) is 4.79 Å². The predicted molar refractivity (Wildman–Crippen MR) is 123 cm³/mol. The highest BCUT2D eigenvalue weighted by molar-refractivity contribution is 9.10. The van der Waals surface area contributed by atoms with Crippen molar-refractivity contribution in [3.8, 4) is 5.75 Å². The molecule has 3 rings (SSSR count). The van der Waals surface area contributed by atoms with E-state index < -0.39 is 0 Å². The van der Waals surface area contributed by atoms with Gasteiger partial charge in [-0.25, -0.2) is 5.43 Å². The minimum Gasteiger partial charge on any atom is -0.488 e. The molecular weight excluding hydrogens is 448 g/mol. The highest BCUT2D eigenvalue weighted by Crippen LogP contribution is 2.23. The van der Waals surface area contributed by atoms with Gasteiger partial charge < -0.3 is 4.74 Å². The molecule has 4 nitrogen and oxygen atoms in total. The van der Waals surface area contributed by atoms with Crippen molar-refractivity contribution < 1.29 is 9.53 Å². The Hall–Kier alpha value is -2.44. The van der Waals surface area contributed by atoms with Gasteiger partial charge in [-0.1, -0.05) is 59.1 Å². The first-order valence-corrected chi connectivity index (χ1v) is 11.1. The molecule has 0 aliphatic carbocycles. The van der Waals surface area contributed by atoms with E-state index in [0.717, 1.165) is 28.4 Å². The standard InChI is InChI=1S/C23H23BrN2O2S/c1-3-4-21-12-19(15-29-21)23(27)26-25-13-18-11-20(24)9-10-22(18)28-14-17-7-5-16(2)6-8-17/h5-13,15H,3-4,14H2,1-2H3,(H,26,27)/b25-13+. The first-order chi connectivity index (χ1) is 14.0. The fourth-order valence-electron chi connectivity index (χ4n) is 2.70. The van der Waals surface area contributed by atoms with E-state index in [1.165, 1.54) is 10.4 Å². The Morgan fingerprint density at radius 3 is 2.76 bits per heavy atom. The number of aryl methyl sites for hydroxylation is 2. The Morgan fingerprint density at radius 2 is 2.00 bits per heavy atom. The lowest BCUT2D eigenvalue weighted by Gasteiger charge is -2.10. The third kappa shape index (κ3) is 6.27. The molecular formula is C23H23BrN2O2S. The molecule has 0 saturated carbocycles. The van der Waals surface area contributed by atoms with Crippen LogP contribution in [0.2, 0.25) is 0 Å². The molecule has 6 heteroatoms. The van der Waals surface area contributed by atoms with Crippen molar-refractivity contribution in [2.45, 2.75) is 33.3 Å². The molecule has 1 amide bonds. The van der Waals surface area contributed by atoms with E-state index in [4.69, 9.17) is 4.74 Å². The minimum absolute atomic E-state index is 0.211. The molecule has 0 aliphatic heterocycles. The summed E-state index contributed by atoms with van der Waals surface area (Å²) in [7, 11) is 0. The minimum atomic E-state index is -0.211. The molecule has 0 spiro atoms. The smallest absolute Gasteiger partial charge is 0.272 e. The molecule has 1 aromatic heterocycles. The SMILES string of the molecule is CCCc1cc(C(=O)N/N=C/c2cc(Br)ccc2OCc2ccc(C)cc2)cs1. The van der Waals surface area contributed by atoms with Crippen LogP contribution >= 0.6 is 27.3 Å². The van der Waals surface area contributed by atoms with Gasteiger partial charge in [0.1, 0.15) is 12.4 Å². The molecule has 29 heavy (non-hydrogen) atoms. The molecule has 150 valence electrons. The number of amides is 1. The first kappa shape index (κ1) is 21.3. The number of benzene rings is 2. The van der Waals surface area contributed by atoms with Crippen LogP contribution in [0.25, 0.3) is 0 Å². The van der Waals surface area contributed by atoms with Gasteiger partial charge in [0.25, 0.3) is 5.91 Å². The van der Waals surface area contributed by atoms with E-state index in [2.05, 4.69) is 64.6 Å². The number of nitrogens with zero attached hydrogens (tertiary/aromatic N) is 1. The van der Waals surface area contributed by atoms with E-state index in [-0.39, 0.29) is 5.91 Å². The molecule has 0 unspecified atom stereocenters. The van der Waals surface area contributed by atoms with Crippen molar-refractivity contribution in [1.82, 2.24) is 5.43 Å². The highest BCUT2D eigenvalue weighted by Gasteiger charge is 2.08. The summed E-state index contributed by atoms with van der Waals surface area (Å²) in [6.07, 6.45) is 3.65. The number of ether oxygens (including phenoxy) is 1. The summed E-state index contributed by atoms with van der Waals surface area (Å²) in [6, 6.07) is 15.9. The van der Waals surface area contributed by atoms with Crippen molar-refractivity contribution in [2.75, 3.05) is 0 Å². The van der Waals surface area contributed by atoms with Gasteiger partial charge in [-0.15, -0.1) is 11.3 Å². The van der Waals surface area contributed by atoms with Crippen LogP contribution in [0, 0.1) is 6.92 Å². The van der Waals surface area contributed by atoms with Crippen LogP contribution in [0.4, 0.5) is 0 Å². The van der Waals surface area contributed by atoms with Crippen LogP contribution < -0.4 is 10.2 Å². The van der Waals surface area contributed by atoms with E-state index in [1.54, 1.807) is 17.6 Å². The summed E-state index contributed by atoms with van der Waals surface area (Å²) in [4.78, 5) is 13.5. The van der Waals surface area contributed by atoms with Crippen molar-refractivity contribution >= 4 is 39.4 Å². The van der Waals surface area contributed by atoms with Gasteiger partial charge in [0.05, 0.1) is 11.8 Å². The van der Waals surface area contributed by atoms with Crippen molar-refractivity contribution in [1.29, 1.82) is 0 Å². The van der Waals surface area contributed by atoms with E-state index in [1.807, 2.05) is 29.6 Å². The van der Waals surface area contributed by atoms with Crippen LogP contribution in [-0.2, 0) is 13.0 Å². The Bertz CT molecular complexity index is 996. The zero-order valence-electron chi connectivity index (χ0n) is 16.4. The van der Waals surface area contributed by atoms with Crippen LogP contribution in [-0.4, -0.2) is 12.1 Å². The van der Waals surface area contributed by atoms with Crippen LogP contribution in [0.5, 0.6) is 5.75 Å². The molecule has 0 radical (unpaired) electrons. The van der Waals surface area contributed by atoms with Gasteiger partial charge in [0, 0.05) is 20.3 Å². The van der Waals surface area contributed by atoms with Gasteiger partial charge in [-0.05, 0) is 43.2 Å². The summed E-state index contributed by atoms with van der Waals surface area (Å²) in [6.45, 7) is 4.65. The third-order valence-electron chi connectivity index (χ3n) is 4.27. The molecule has 0 atom stereocenters. The number of rotatable bonds is 8. The molecule has 1 heterocycles. The van der Waals surface area contributed by atoms with Crippen molar-refractivity contribution in [3.05, 3.63) is 85.5 Å². The predicted octanol–water partition coefficient (Wildman–Crippen LogP) is 6.11. The van der Waals surface area contributed by atoms with Gasteiger partial charge in [-0.3, -0.25) is 4.79 Å². The second-order valence-corrected chi connectivity index (χ2v) is 8.62. The Morgan fingerprint density at radius 1 is 1.21 bits per heavy atom. The summed E-state index contributed by atoms with van der Waals surface area (Å²) in [5.74, 6) is 0.490. The molecule has 0 aliphatic rings. The summed E-state index contributed by atoms with van der Waals surface area (Å²) in [5, 5.41) is 5.99. The van der Waals surface area contributed by atoms with Crippen LogP contribution in [0.3, 0.4) is 0 Å². The second kappa shape index (κ2) is 10.4. The van der Waals surface area contributed by atoms with Crippen molar-refractivity contribution in [3.63, 3.8) is 0 Å². The van der Waals surface area contributed by atoms with Crippen LogP contribution in [0.1, 0.15) is 45.3 Å². The van der Waals surface area contributed by atoms with Gasteiger partial charge >= 0.3 is 0 Å². The molecule has 0 bridgehead atoms. The monoisotopic (exact) mass is 470 g/mol. The van der Waals surface area contributed by atoms with Gasteiger partial charge in [-0.2, -0.15) is 5.10 Å². The molecule has 1 N–H and O–H groups in total. The molecule has 3 aromatic rings. The zero-order chi connectivity index (χ0) is 20.6. The Balaban J connectivity index is 1.65. The number of thiophene rings is 1. The van der Waals surface area contributed by atoms with Gasteiger partial charge in [0.15, 0.2) is 0 Å². The summed E-state index contributed by atoms with van der Waals surface area (Å²) >= 11 is 5.08. The number of halogens is 1. The maximum Gasteiger partial charge on any atom is 0.272 e. The first-order valence-electron chi connectivity index (χ1n) is 9.44. The third-order valence-corrected chi connectivity index (χ3v) is 5.76. The average Bonchev–Trinajstić information content (AvgIpc) is 3.18. The average molecular weight is 471 g/mol. The van der Waals surface area contributed by atoms with E-state index in [0.29, 0.717) is 17.9 Å². The molecule has 0 saturated heterocycles. The highest BCUT2D eigenvalue weighted by atomic mass is 79.9. The van der Waals surface area contributed by atoms with Crippen molar-refractivity contribution in [2.24, 2.45) is 5.10 Å². The number of hydrogen-bond acceptors (Lipinski definition) is 4. The topological polar surface area (TPSA) is 50.7 Å². The summed E-state index contributed by atoms with van der Waals surface area (Å²) in [5.41, 5.74) is 6.33. The number of carbonyl (C=O) groups excluding carboxylic acids is 1. The lowest BCUT2D eigenvalue weighted by Crippen LogP contribution is -2.16. The molecule has 2 aromatic carbocycles. The Labute approximate surface area is 183 Å². The largest absolute Gasteiger partial charge is 0.488 e. The number of carbonyl (C=O) groups is 1.